The lowest BCUT2D eigenvalue weighted by molar-refractivity contribution is -0.136. The van der Waals surface area contributed by atoms with Crippen LogP contribution in [0.15, 0.2) is 43.0 Å². The van der Waals surface area contributed by atoms with Crippen molar-refractivity contribution >= 4 is 5.91 Å². The number of nitrogens with zero attached hydrogens (tertiary/aromatic N) is 3. The molecule has 1 amide bonds. The quantitative estimate of drug-likeness (QED) is 0.818. The number of rotatable bonds is 6. The monoisotopic (exact) mass is 331 g/mol. The molecule has 0 unspecified atom stereocenters. The Bertz CT molecular complexity index is 669. The lowest BCUT2D eigenvalue weighted by atomic mass is 10.1. The molecule has 1 fully saturated rings. The van der Waals surface area contributed by atoms with Gasteiger partial charge in [-0.25, -0.2) is 9.37 Å². The van der Waals surface area contributed by atoms with Crippen molar-refractivity contribution in [3.05, 3.63) is 54.4 Å². The van der Waals surface area contributed by atoms with Gasteiger partial charge in [0.05, 0.1) is 12.4 Å². The molecule has 128 valence electrons. The van der Waals surface area contributed by atoms with Crippen LogP contribution in [-0.2, 0) is 16.1 Å². The molecule has 1 aromatic heterocycles. The van der Waals surface area contributed by atoms with Crippen LogP contribution in [0.1, 0.15) is 31.4 Å². The highest BCUT2D eigenvalue weighted by Gasteiger charge is 2.26. The predicted octanol–water partition coefficient (Wildman–Crippen LogP) is 2.79. The van der Waals surface area contributed by atoms with E-state index >= 15 is 0 Å². The van der Waals surface area contributed by atoms with E-state index in [4.69, 9.17) is 4.74 Å². The average molecular weight is 331 g/mol. The van der Waals surface area contributed by atoms with Crippen molar-refractivity contribution < 1.29 is 13.9 Å². The van der Waals surface area contributed by atoms with E-state index < -0.39 is 0 Å². The largest absolute Gasteiger partial charge is 0.376 e. The fraction of sp³-hybridized carbons (Fsp3) is 0.444. The minimum Gasteiger partial charge on any atom is -0.376 e. The molecule has 2 atom stereocenters. The van der Waals surface area contributed by atoms with Crippen molar-refractivity contribution in [1.82, 2.24) is 14.5 Å². The highest BCUT2D eigenvalue weighted by molar-refractivity contribution is 5.80. The van der Waals surface area contributed by atoms with Crippen molar-refractivity contribution in [3.63, 3.8) is 0 Å². The lowest BCUT2D eigenvalue weighted by Crippen LogP contribution is -2.40. The SMILES string of the molecule is C[C@@H](C(=O)N(Cc1cccc(F)c1)C[C@H]1CCCO1)n1ccnc1. The summed E-state index contributed by atoms with van der Waals surface area (Å²) >= 11 is 0. The van der Waals surface area contributed by atoms with E-state index in [-0.39, 0.29) is 23.9 Å². The molecular formula is C18H22FN3O2. The van der Waals surface area contributed by atoms with Crippen molar-refractivity contribution in [1.29, 1.82) is 0 Å². The molecule has 0 saturated carbocycles. The number of amides is 1. The van der Waals surface area contributed by atoms with Crippen LogP contribution in [0.25, 0.3) is 0 Å². The highest BCUT2D eigenvalue weighted by Crippen LogP contribution is 2.19. The molecule has 0 radical (unpaired) electrons. The van der Waals surface area contributed by atoms with Crippen LogP contribution in [0.3, 0.4) is 0 Å². The number of carbonyl (C=O) groups excluding carboxylic acids is 1. The van der Waals surface area contributed by atoms with Crippen molar-refractivity contribution in [2.45, 2.75) is 38.5 Å². The number of aromatic nitrogens is 2. The highest BCUT2D eigenvalue weighted by atomic mass is 19.1. The van der Waals surface area contributed by atoms with Gasteiger partial charge in [0.25, 0.3) is 0 Å². The van der Waals surface area contributed by atoms with E-state index in [0.717, 1.165) is 25.0 Å². The van der Waals surface area contributed by atoms with Crippen LogP contribution in [0.5, 0.6) is 0 Å². The second-order valence-corrected chi connectivity index (χ2v) is 6.17. The summed E-state index contributed by atoms with van der Waals surface area (Å²) < 4.78 is 20.9. The Labute approximate surface area is 141 Å². The van der Waals surface area contributed by atoms with Crippen molar-refractivity contribution in [2.75, 3.05) is 13.2 Å². The first-order chi connectivity index (χ1) is 11.6. The van der Waals surface area contributed by atoms with E-state index in [1.165, 1.54) is 12.1 Å². The second kappa shape index (κ2) is 7.57. The first-order valence-corrected chi connectivity index (χ1v) is 8.26. The second-order valence-electron chi connectivity index (χ2n) is 6.17. The molecule has 6 heteroatoms. The van der Waals surface area contributed by atoms with E-state index in [9.17, 15) is 9.18 Å². The van der Waals surface area contributed by atoms with Crippen LogP contribution in [0.4, 0.5) is 4.39 Å². The predicted molar refractivity (Wildman–Crippen MR) is 87.7 cm³/mol. The maximum Gasteiger partial charge on any atom is 0.245 e. The fourth-order valence-corrected chi connectivity index (χ4v) is 3.01. The molecule has 5 nitrogen and oxygen atoms in total. The molecule has 0 spiro atoms. The average Bonchev–Trinajstić information content (AvgIpc) is 3.26. The maximum atomic E-state index is 13.5. The third-order valence-corrected chi connectivity index (χ3v) is 4.35. The van der Waals surface area contributed by atoms with Crippen molar-refractivity contribution in [2.24, 2.45) is 0 Å². The first-order valence-electron chi connectivity index (χ1n) is 8.26. The zero-order valence-corrected chi connectivity index (χ0v) is 13.8. The Hall–Kier alpha value is -2.21. The summed E-state index contributed by atoms with van der Waals surface area (Å²) in [5.74, 6) is -0.313. The summed E-state index contributed by atoms with van der Waals surface area (Å²) in [5, 5.41) is 0. The van der Waals surface area contributed by atoms with Crippen LogP contribution < -0.4 is 0 Å². The van der Waals surface area contributed by atoms with Gasteiger partial charge in [-0.05, 0) is 37.5 Å². The standard InChI is InChI=1S/C18H22FN3O2/c1-14(21-8-7-20-13-21)18(23)22(12-17-6-3-9-24-17)11-15-4-2-5-16(19)10-15/h2,4-5,7-8,10,13-14,17H,3,6,9,11-12H2,1H3/t14-,17+/m0/s1. The summed E-state index contributed by atoms with van der Waals surface area (Å²) in [4.78, 5) is 18.7. The summed E-state index contributed by atoms with van der Waals surface area (Å²) in [6.45, 7) is 3.48. The first kappa shape index (κ1) is 16.6. The fourth-order valence-electron chi connectivity index (χ4n) is 3.01. The van der Waals surface area contributed by atoms with E-state index in [2.05, 4.69) is 4.98 Å². The Morgan fingerprint density at radius 1 is 1.54 bits per heavy atom. The topological polar surface area (TPSA) is 47.4 Å². The summed E-state index contributed by atoms with van der Waals surface area (Å²) in [5.41, 5.74) is 0.777. The minimum absolute atomic E-state index is 0.0206. The van der Waals surface area contributed by atoms with Gasteiger partial charge in [0.1, 0.15) is 11.9 Å². The van der Waals surface area contributed by atoms with Crippen LogP contribution in [0.2, 0.25) is 0 Å². The number of ether oxygens (including phenoxy) is 1. The van der Waals surface area contributed by atoms with Crippen LogP contribution in [-0.4, -0.2) is 39.6 Å². The van der Waals surface area contributed by atoms with Crippen molar-refractivity contribution in [3.8, 4) is 0 Å². The Morgan fingerprint density at radius 3 is 3.08 bits per heavy atom. The Balaban J connectivity index is 1.76. The van der Waals surface area contributed by atoms with Gasteiger partial charge in [0.2, 0.25) is 5.91 Å². The molecule has 0 bridgehead atoms. The molecular weight excluding hydrogens is 309 g/mol. The molecule has 1 saturated heterocycles. The number of benzene rings is 1. The molecule has 1 aliphatic rings. The number of carbonyl (C=O) groups is 1. The number of imidazole rings is 1. The van der Waals surface area contributed by atoms with Crippen LogP contribution in [0, 0.1) is 5.82 Å². The molecule has 2 heterocycles. The van der Waals surface area contributed by atoms with Gasteiger partial charge in [-0.15, -0.1) is 0 Å². The Morgan fingerprint density at radius 2 is 2.42 bits per heavy atom. The summed E-state index contributed by atoms with van der Waals surface area (Å²) in [6, 6.07) is 6.02. The number of hydrogen-bond donors (Lipinski definition) is 0. The van der Waals surface area contributed by atoms with Gasteiger partial charge in [-0.2, -0.15) is 0 Å². The molecule has 1 aliphatic heterocycles. The molecule has 1 aromatic carbocycles. The number of hydrogen-bond acceptors (Lipinski definition) is 3. The summed E-state index contributed by atoms with van der Waals surface area (Å²) in [6.07, 6.45) is 7.08. The minimum atomic E-state index is -0.359. The van der Waals surface area contributed by atoms with E-state index in [1.54, 1.807) is 34.3 Å². The lowest BCUT2D eigenvalue weighted by Gasteiger charge is -2.28. The number of halogens is 1. The van der Waals surface area contributed by atoms with Crippen LogP contribution >= 0.6 is 0 Å². The van der Waals surface area contributed by atoms with Gasteiger partial charge < -0.3 is 14.2 Å². The zero-order chi connectivity index (χ0) is 16.9. The zero-order valence-electron chi connectivity index (χ0n) is 13.8. The molecule has 0 N–H and O–H groups in total. The summed E-state index contributed by atoms with van der Waals surface area (Å²) in [7, 11) is 0. The van der Waals surface area contributed by atoms with Gasteiger partial charge in [-0.3, -0.25) is 4.79 Å². The maximum absolute atomic E-state index is 13.5. The Kier molecular flexibility index (Phi) is 5.25. The van der Waals surface area contributed by atoms with Gasteiger partial charge in [0, 0.05) is 32.1 Å². The van der Waals surface area contributed by atoms with Gasteiger partial charge >= 0.3 is 0 Å². The molecule has 2 aromatic rings. The van der Waals surface area contributed by atoms with E-state index in [1.807, 2.05) is 13.0 Å². The molecule has 3 rings (SSSR count). The van der Waals surface area contributed by atoms with E-state index in [0.29, 0.717) is 13.1 Å². The third-order valence-electron chi connectivity index (χ3n) is 4.35. The van der Waals surface area contributed by atoms with Gasteiger partial charge in [0.15, 0.2) is 0 Å². The smallest absolute Gasteiger partial charge is 0.245 e. The normalized spacial score (nSPS) is 18.5. The third kappa shape index (κ3) is 4.00. The molecule has 0 aliphatic carbocycles. The van der Waals surface area contributed by atoms with Gasteiger partial charge in [-0.1, -0.05) is 12.1 Å². The molecule has 24 heavy (non-hydrogen) atoms.